The molecule has 122 valence electrons. The van der Waals surface area contributed by atoms with Crippen molar-refractivity contribution in [1.29, 1.82) is 0 Å². The van der Waals surface area contributed by atoms with Gasteiger partial charge in [0, 0.05) is 16.3 Å². The van der Waals surface area contributed by atoms with Crippen molar-refractivity contribution in [3.05, 3.63) is 51.2 Å². The minimum Gasteiger partial charge on any atom is -0.352 e. The van der Waals surface area contributed by atoms with Crippen LogP contribution in [0.3, 0.4) is 0 Å². The highest BCUT2D eigenvalue weighted by Crippen LogP contribution is 2.23. The maximum Gasteiger partial charge on any atom is 0.256 e. The highest BCUT2D eigenvalue weighted by Gasteiger charge is 2.16. The Morgan fingerprint density at radius 1 is 1.09 bits per heavy atom. The lowest BCUT2D eigenvalue weighted by Crippen LogP contribution is -2.28. The van der Waals surface area contributed by atoms with Gasteiger partial charge in [-0.1, -0.05) is 26.0 Å². The first-order valence-corrected chi connectivity index (χ1v) is 8.45. The van der Waals surface area contributed by atoms with E-state index in [9.17, 15) is 9.59 Å². The Hall–Kier alpha value is -2.14. The van der Waals surface area contributed by atoms with Gasteiger partial charge in [0.05, 0.1) is 16.8 Å². The predicted molar refractivity (Wildman–Crippen MR) is 95.4 cm³/mol. The fourth-order valence-corrected chi connectivity index (χ4v) is 3.15. The molecule has 0 saturated carbocycles. The summed E-state index contributed by atoms with van der Waals surface area (Å²) in [5.41, 5.74) is 1.66. The number of carbonyl (C=O) groups excluding carboxylic acids is 2. The number of carbonyl (C=O) groups is 2. The summed E-state index contributed by atoms with van der Waals surface area (Å²) in [6.07, 6.45) is 0. The summed E-state index contributed by atoms with van der Waals surface area (Å²) in [4.78, 5) is 26.8. The van der Waals surface area contributed by atoms with E-state index in [0.29, 0.717) is 29.3 Å². The highest BCUT2D eigenvalue weighted by atomic mass is 32.1. The summed E-state index contributed by atoms with van der Waals surface area (Å²) in [7, 11) is 0. The molecule has 0 spiro atoms. The molecule has 0 aliphatic rings. The van der Waals surface area contributed by atoms with Crippen LogP contribution in [0.25, 0.3) is 0 Å². The lowest BCUT2D eigenvalue weighted by atomic mass is 10.1. The van der Waals surface area contributed by atoms with Crippen LogP contribution in [-0.2, 0) is 0 Å². The Balaban J connectivity index is 2.18. The molecule has 4 nitrogen and oxygen atoms in total. The third-order valence-corrected chi connectivity index (χ3v) is 4.34. The van der Waals surface area contributed by atoms with Crippen LogP contribution < -0.4 is 10.6 Å². The molecule has 5 heteroatoms. The van der Waals surface area contributed by atoms with Crippen LogP contribution in [0.1, 0.15) is 44.3 Å². The van der Waals surface area contributed by atoms with Crippen molar-refractivity contribution in [2.45, 2.75) is 27.7 Å². The van der Waals surface area contributed by atoms with Crippen LogP contribution in [0, 0.1) is 19.8 Å². The van der Waals surface area contributed by atoms with E-state index in [1.165, 1.54) is 0 Å². The number of amides is 2. The van der Waals surface area contributed by atoms with Crippen LogP contribution in [0.2, 0.25) is 0 Å². The maximum atomic E-state index is 12.5. The second-order valence-electron chi connectivity index (χ2n) is 5.93. The molecular weight excluding hydrogens is 308 g/mol. The zero-order chi connectivity index (χ0) is 17.0. The molecule has 0 aliphatic heterocycles. The van der Waals surface area contributed by atoms with E-state index < -0.39 is 0 Å². The lowest BCUT2D eigenvalue weighted by molar-refractivity contribution is 0.0950. The topological polar surface area (TPSA) is 58.2 Å². The molecule has 0 saturated heterocycles. The SMILES string of the molecule is Cc1cc(C(=O)Nc2ccccc2C(=O)NCC(C)C)c(C)s1. The van der Waals surface area contributed by atoms with Crippen molar-refractivity contribution < 1.29 is 9.59 Å². The number of hydrogen-bond acceptors (Lipinski definition) is 3. The summed E-state index contributed by atoms with van der Waals surface area (Å²) in [6.45, 7) is 8.57. The van der Waals surface area contributed by atoms with E-state index in [4.69, 9.17) is 0 Å². The summed E-state index contributed by atoms with van der Waals surface area (Å²) in [6, 6.07) is 8.94. The number of rotatable bonds is 5. The molecule has 0 aliphatic carbocycles. The van der Waals surface area contributed by atoms with Gasteiger partial charge in [0.2, 0.25) is 0 Å². The van der Waals surface area contributed by atoms with Crippen molar-refractivity contribution in [3.8, 4) is 0 Å². The lowest BCUT2D eigenvalue weighted by Gasteiger charge is -2.12. The Labute approximate surface area is 140 Å². The van der Waals surface area contributed by atoms with Crippen LogP contribution in [0.4, 0.5) is 5.69 Å². The van der Waals surface area contributed by atoms with E-state index in [0.717, 1.165) is 9.75 Å². The minimum absolute atomic E-state index is 0.173. The molecule has 1 aromatic carbocycles. The van der Waals surface area contributed by atoms with Gasteiger partial charge in [-0.2, -0.15) is 0 Å². The van der Waals surface area contributed by atoms with Gasteiger partial charge in [-0.3, -0.25) is 9.59 Å². The first-order chi connectivity index (χ1) is 10.9. The molecule has 2 aromatic rings. The van der Waals surface area contributed by atoms with E-state index >= 15 is 0 Å². The zero-order valence-electron chi connectivity index (χ0n) is 13.9. The predicted octanol–water partition coefficient (Wildman–Crippen LogP) is 4.00. The van der Waals surface area contributed by atoms with Crippen molar-refractivity contribution >= 4 is 28.8 Å². The first kappa shape index (κ1) is 17.2. The summed E-state index contributed by atoms with van der Waals surface area (Å²) in [5.74, 6) is 0.0147. The Morgan fingerprint density at radius 3 is 2.39 bits per heavy atom. The molecular formula is C18H22N2O2S. The van der Waals surface area contributed by atoms with Gasteiger partial charge in [-0.25, -0.2) is 0 Å². The van der Waals surface area contributed by atoms with Crippen molar-refractivity contribution in [1.82, 2.24) is 5.32 Å². The Morgan fingerprint density at radius 2 is 1.78 bits per heavy atom. The fraction of sp³-hybridized carbons (Fsp3) is 0.333. The minimum atomic E-state index is -0.184. The summed E-state index contributed by atoms with van der Waals surface area (Å²) >= 11 is 1.59. The third kappa shape index (κ3) is 4.42. The summed E-state index contributed by atoms with van der Waals surface area (Å²) < 4.78 is 0. The standard InChI is InChI=1S/C18H22N2O2S/c1-11(2)10-19-17(21)14-7-5-6-8-16(14)20-18(22)15-9-12(3)23-13(15)4/h5-9,11H,10H2,1-4H3,(H,19,21)(H,20,22). The maximum absolute atomic E-state index is 12.5. The van der Waals surface area contributed by atoms with E-state index in [1.54, 1.807) is 35.6 Å². The average Bonchev–Trinajstić information content (AvgIpc) is 2.84. The van der Waals surface area contributed by atoms with Crippen LogP contribution in [0.15, 0.2) is 30.3 Å². The van der Waals surface area contributed by atoms with Gasteiger partial charge >= 0.3 is 0 Å². The molecule has 0 fully saturated rings. The van der Waals surface area contributed by atoms with Gasteiger partial charge in [0.15, 0.2) is 0 Å². The number of hydrogen-bond donors (Lipinski definition) is 2. The quantitative estimate of drug-likeness (QED) is 0.870. The Kier molecular flexibility index (Phi) is 5.55. The van der Waals surface area contributed by atoms with Crippen LogP contribution in [0.5, 0.6) is 0 Å². The number of para-hydroxylation sites is 1. The number of benzene rings is 1. The molecule has 0 unspecified atom stereocenters. The van der Waals surface area contributed by atoms with Crippen LogP contribution in [-0.4, -0.2) is 18.4 Å². The van der Waals surface area contributed by atoms with Gasteiger partial charge in [0.1, 0.15) is 0 Å². The molecule has 0 bridgehead atoms. The molecule has 2 N–H and O–H groups in total. The highest BCUT2D eigenvalue weighted by molar-refractivity contribution is 7.12. The smallest absolute Gasteiger partial charge is 0.256 e. The average molecular weight is 330 g/mol. The van der Waals surface area contributed by atoms with E-state index in [2.05, 4.69) is 10.6 Å². The Bertz CT molecular complexity index is 720. The molecule has 23 heavy (non-hydrogen) atoms. The number of anilines is 1. The largest absolute Gasteiger partial charge is 0.352 e. The first-order valence-electron chi connectivity index (χ1n) is 7.64. The van der Waals surface area contributed by atoms with Crippen LogP contribution >= 0.6 is 11.3 Å². The number of aryl methyl sites for hydroxylation is 2. The number of thiophene rings is 1. The second-order valence-corrected chi connectivity index (χ2v) is 7.39. The van der Waals surface area contributed by atoms with Crippen molar-refractivity contribution in [2.75, 3.05) is 11.9 Å². The molecule has 1 heterocycles. The third-order valence-electron chi connectivity index (χ3n) is 3.38. The molecule has 0 radical (unpaired) electrons. The van der Waals surface area contributed by atoms with Gasteiger partial charge in [0.25, 0.3) is 11.8 Å². The molecule has 0 atom stereocenters. The van der Waals surface area contributed by atoms with Crippen molar-refractivity contribution in [3.63, 3.8) is 0 Å². The monoisotopic (exact) mass is 330 g/mol. The normalized spacial score (nSPS) is 10.7. The van der Waals surface area contributed by atoms with Gasteiger partial charge in [-0.15, -0.1) is 11.3 Å². The van der Waals surface area contributed by atoms with Gasteiger partial charge in [-0.05, 0) is 38.0 Å². The zero-order valence-corrected chi connectivity index (χ0v) is 14.7. The molecule has 2 amide bonds. The summed E-state index contributed by atoms with van der Waals surface area (Å²) in [5, 5.41) is 5.74. The fourth-order valence-electron chi connectivity index (χ4n) is 2.23. The molecule has 2 rings (SSSR count). The van der Waals surface area contributed by atoms with E-state index in [1.807, 2.05) is 33.8 Å². The molecule has 1 aromatic heterocycles. The second kappa shape index (κ2) is 7.42. The van der Waals surface area contributed by atoms with Gasteiger partial charge < -0.3 is 10.6 Å². The number of nitrogens with one attached hydrogen (secondary N) is 2. The van der Waals surface area contributed by atoms with Crippen molar-refractivity contribution in [2.24, 2.45) is 5.92 Å². The van der Waals surface area contributed by atoms with E-state index in [-0.39, 0.29) is 11.8 Å².